The van der Waals surface area contributed by atoms with E-state index in [1.807, 2.05) is 25.1 Å². The molecule has 0 aliphatic carbocycles. The first-order valence-electron chi connectivity index (χ1n) is 4.36. The van der Waals surface area contributed by atoms with E-state index in [2.05, 4.69) is 0 Å². The highest BCUT2D eigenvalue weighted by Gasteiger charge is 2.04. The Labute approximate surface area is 83.5 Å². The first-order valence-corrected chi connectivity index (χ1v) is 4.36. The molecule has 1 aromatic carbocycles. The molecule has 76 valence electrons. The molecular formula is C10H15N3O. The minimum absolute atomic E-state index is 0.197. The number of carbonyl (C=O) groups excluding carboxylic acids is 1. The predicted octanol–water partition coefficient (Wildman–Crippen LogP) is 0.499. The normalized spacial score (nSPS) is 9.86. The summed E-state index contributed by atoms with van der Waals surface area (Å²) in [6.07, 6.45) is 0. The fourth-order valence-corrected chi connectivity index (χ4v) is 1.19. The lowest BCUT2D eigenvalue weighted by molar-refractivity contribution is -0.116. The number of hydrogen-bond acceptors (Lipinski definition) is 3. The summed E-state index contributed by atoms with van der Waals surface area (Å²) in [4.78, 5) is 12.4. The molecule has 0 heterocycles. The molecule has 0 aliphatic heterocycles. The van der Waals surface area contributed by atoms with Gasteiger partial charge in [0, 0.05) is 18.4 Å². The topological polar surface area (TPSA) is 72.3 Å². The molecular weight excluding hydrogens is 178 g/mol. The zero-order chi connectivity index (χ0) is 10.7. The van der Waals surface area contributed by atoms with Crippen molar-refractivity contribution in [2.75, 3.05) is 24.2 Å². The van der Waals surface area contributed by atoms with Crippen molar-refractivity contribution in [1.29, 1.82) is 0 Å². The van der Waals surface area contributed by atoms with Crippen molar-refractivity contribution < 1.29 is 4.79 Å². The van der Waals surface area contributed by atoms with Gasteiger partial charge < -0.3 is 16.4 Å². The fourth-order valence-electron chi connectivity index (χ4n) is 1.19. The molecule has 4 heteroatoms. The zero-order valence-corrected chi connectivity index (χ0v) is 8.45. The Morgan fingerprint density at radius 3 is 2.64 bits per heavy atom. The van der Waals surface area contributed by atoms with E-state index in [1.165, 1.54) is 0 Å². The molecule has 0 atom stereocenters. The molecule has 4 nitrogen and oxygen atoms in total. The molecule has 1 aromatic rings. The van der Waals surface area contributed by atoms with Gasteiger partial charge in [0.2, 0.25) is 5.91 Å². The first kappa shape index (κ1) is 10.4. The van der Waals surface area contributed by atoms with Crippen LogP contribution < -0.4 is 16.4 Å². The van der Waals surface area contributed by atoms with Crippen molar-refractivity contribution in [2.24, 2.45) is 5.73 Å². The second-order valence-electron chi connectivity index (χ2n) is 3.36. The number of nitrogens with two attached hydrogens (primary N) is 2. The molecule has 0 aliphatic rings. The van der Waals surface area contributed by atoms with Crippen LogP contribution in [0.5, 0.6) is 0 Å². The van der Waals surface area contributed by atoms with Crippen molar-refractivity contribution in [3.63, 3.8) is 0 Å². The number of nitrogen functional groups attached to an aromatic ring is 1. The van der Waals surface area contributed by atoms with Crippen LogP contribution in [0.4, 0.5) is 11.4 Å². The van der Waals surface area contributed by atoms with Crippen LogP contribution in [0.25, 0.3) is 0 Å². The van der Waals surface area contributed by atoms with E-state index < -0.39 is 0 Å². The predicted molar refractivity (Wildman–Crippen MR) is 58.1 cm³/mol. The van der Waals surface area contributed by atoms with Gasteiger partial charge in [0.25, 0.3) is 0 Å². The SMILES string of the molecule is Cc1ccc(N(C)CC(N)=O)cc1N. The highest BCUT2D eigenvalue weighted by Crippen LogP contribution is 2.19. The average Bonchev–Trinajstić information content (AvgIpc) is 2.08. The van der Waals surface area contributed by atoms with E-state index in [1.54, 1.807) is 11.9 Å². The number of nitrogens with zero attached hydrogens (tertiary/aromatic N) is 1. The lowest BCUT2D eigenvalue weighted by Crippen LogP contribution is -2.30. The summed E-state index contributed by atoms with van der Waals surface area (Å²) in [6.45, 7) is 2.13. The summed E-state index contributed by atoms with van der Waals surface area (Å²) in [7, 11) is 1.80. The summed E-state index contributed by atoms with van der Waals surface area (Å²) < 4.78 is 0. The van der Waals surface area contributed by atoms with Gasteiger partial charge in [0.05, 0.1) is 6.54 Å². The maximum atomic E-state index is 10.7. The van der Waals surface area contributed by atoms with Crippen molar-refractivity contribution in [1.82, 2.24) is 0 Å². The highest BCUT2D eigenvalue weighted by molar-refractivity contribution is 5.79. The van der Waals surface area contributed by atoms with Crippen molar-refractivity contribution >= 4 is 17.3 Å². The monoisotopic (exact) mass is 193 g/mol. The third-order valence-electron chi connectivity index (χ3n) is 2.10. The minimum atomic E-state index is -0.355. The Morgan fingerprint density at radius 1 is 1.50 bits per heavy atom. The molecule has 0 radical (unpaired) electrons. The molecule has 0 bridgehead atoms. The zero-order valence-electron chi connectivity index (χ0n) is 8.45. The minimum Gasteiger partial charge on any atom is -0.398 e. The summed E-state index contributed by atoms with van der Waals surface area (Å²) in [5.74, 6) is -0.355. The molecule has 14 heavy (non-hydrogen) atoms. The van der Waals surface area contributed by atoms with Gasteiger partial charge in [-0.15, -0.1) is 0 Å². The number of benzene rings is 1. The van der Waals surface area contributed by atoms with Crippen LogP contribution in [0.3, 0.4) is 0 Å². The number of primary amides is 1. The number of likely N-dealkylation sites (N-methyl/N-ethyl adjacent to an activating group) is 1. The van der Waals surface area contributed by atoms with Crippen LogP contribution >= 0.6 is 0 Å². The van der Waals surface area contributed by atoms with Gasteiger partial charge in [-0.25, -0.2) is 0 Å². The quantitative estimate of drug-likeness (QED) is 0.686. The Bertz CT molecular complexity index is 349. The summed E-state index contributed by atoms with van der Waals surface area (Å²) in [6, 6.07) is 5.66. The Hall–Kier alpha value is -1.71. The van der Waals surface area contributed by atoms with E-state index in [9.17, 15) is 4.79 Å². The molecule has 0 saturated heterocycles. The van der Waals surface area contributed by atoms with Gasteiger partial charge >= 0.3 is 0 Å². The third kappa shape index (κ3) is 2.39. The maximum Gasteiger partial charge on any atom is 0.236 e. The molecule has 1 rings (SSSR count). The van der Waals surface area contributed by atoms with E-state index in [0.29, 0.717) is 0 Å². The highest BCUT2D eigenvalue weighted by atomic mass is 16.1. The van der Waals surface area contributed by atoms with Gasteiger partial charge in [-0.2, -0.15) is 0 Å². The second-order valence-corrected chi connectivity index (χ2v) is 3.36. The lowest BCUT2D eigenvalue weighted by atomic mass is 10.2. The van der Waals surface area contributed by atoms with Crippen molar-refractivity contribution in [2.45, 2.75) is 6.92 Å². The number of anilines is 2. The van der Waals surface area contributed by atoms with Gasteiger partial charge in [0.15, 0.2) is 0 Å². The maximum absolute atomic E-state index is 10.7. The molecule has 1 amide bonds. The molecule has 0 saturated carbocycles. The molecule has 4 N–H and O–H groups in total. The van der Waals surface area contributed by atoms with Gasteiger partial charge in [-0.05, 0) is 24.6 Å². The van der Waals surface area contributed by atoms with Crippen LogP contribution in [0.15, 0.2) is 18.2 Å². The fraction of sp³-hybridized carbons (Fsp3) is 0.300. The van der Waals surface area contributed by atoms with Crippen LogP contribution in [0.2, 0.25) is 0 Å². The Balaban J connectivity index is 2.85. The van der Waals surface area contributed by atoms with Crippen LogP contribution in [-0.4, -0.2) is 19.5 Å². The average molecular weight is 193 g/mol. The molecule has 0 spiro atoms. The number of rotatable bonds is 3. The standard InChI is InChI=1S/C10H15N3O/c1-7-3-4-8(5-9(7)11)13(2)6-10(12)14/h3-5H,6,11H2,1-2H3,(H2,12,14). The summed E-state index contributed by atoms with van der Waals surface area (Å²) in [5, 5.41) is 0. The molecule has 0 unspecified atom stereocenters. The third-order valence-corrected chi connectivity index (χ3v) is 2.10. The van der Waals surface area contributed by atoms with E-state index in [-0.39, 0.29) is 12.5 Å². The Kier molecular flexibility index (Phi) is 2.96. The molecule has 0 aromatic heterocycles. The van der Waals surface area contributed by atoms with Crippen molar-refractivity contribution in [3.8, 4) is 0 Å². The lowest BCUT2D eigenvalue weighted by Gasteiger charge is -2.18. The first-order chi connectivity index (χ1) is 6.50. The van der Waals surface area contributed by atoms with Crippen molar-refractivity contribution in [3.05, 3.63) is 23.8 Å². The second kappa shape index (κ2) is 4.00. The number of hydrogen-bond donors (Lipinski definition) is 2. The number of amides is 1. The van der Waals surface area contributed by atoms with Gasteiger partial charge in [0.1, 0.15) is 0 Å². The number of aryl methyl sites for hydroxylation is 1. The Morgan fingerprint density at radius 2 is 2.14 bits per heavy atom. The largest absolute Gasteiger partial charge is 0.398 e. The van der Waals surface area contributed by atoms with Crippen LogP contribution in [0.1, 0.15) is 5.56 Å². The van der Waals surface area contributed by atoms with E-state index in [4.69, 9.17) is 11.5 Å². The number of carbonyl (C=O) groups is 1. The van der Waals surface area contributed by atoms with E-state index >= 15 is 0 Å². The van der Waals surface area contributed by atoms with Crippen LogP contribution in [0, 0.1) is 6.92 Å². The summed E-state index contributed by atoms with van der Waals surface area (Å²) >= 11 is 0. The van der Waals surface area contributed by atoms with Crippen LogP contribution in [-0.2, 0) is 4.79 Å². The molecule has 0 fully saturated rings. The van der Waals surface area contributed by atoms with Gasteiger partial charge in [-0.3, -0.25) is 4.79 Å². The van der Waals surface area contributed by atoms with E-state index in [0.717, 1.165) is 16.9 Å². The smallest absolute Gasteiger partial charge is 0.236 e. The van der Waals surface area contributed by atoms with Gasteiger partial charge in [-0.1, -0.05) is 6.07 Å². The summed E-state index contributed by atoms with van der Waals surface area (Å²) in [5.41, 5.74) is 13.5.